The molecule has 1 aromatic rings. The minimum Gasteiger partial charge on any atom is -0.496 e. The molecule has 0 bridgehead atoms. The summed E-state index contributed by atoms with van der Waals surface area (Å²) in [6.45, 7) is 0.0232. The minimum absolute atomic E-state index is 0.00314. The van der Waals surface area contributed by atoms with Crippen LogP contribution in [0.3, 0.4) is 0 Å². The van der Waals surface area contributed by atoms with E-state index in [1.807, 2.05) is 24.3 Å². The summed E-state index contributed by atoms with van der Waals surface area (Å²) in [4.78, 5) is 25.4. The van der Waals surface area contributed by atoms with E-state index in [9.17, 15) is 9.59 Å². The highest BCUT2D eigenvalue weighted by molar-refractivity contribution is 5.84. The Balaban J connectivity index is 1.99. The molecule has 1 saturated carbocycles. The molecule has 0 saturated heterocycles. The molecule has 1 aliphatic rings. The number of primary amides is 1. The minimum atomic E-state index is -0.447. The summed E-state index contributed by atoms with van der Waals surface area (Å²) in [7, 11) is 1.62. The second-order valence-corrected chi connectivity index (χ2v) is 5.74. The summed E-state index contributed by atoms with van der Waals surface area (Å²) in [5.41, 5.74) is 6.30. The average Bonchev–Trinajstić information content (AvgIpc) is 3.04. The van der Waals surface area contributed by atoms with Crippen LogP contribution in [0, 0.1) is 0 Å². The van der Waals surface area contributed by atoms with Crippen LogP contribution in [0.1, 0.15) is 37.7 Å². The normalized spacial score (nSPS) is 14.8. The van der Waals surface area contributed by atoms with E-state index in [1.54, 1.807) is 12.0 Å². The SMILES string of the molecule is COc1ccccc1CCC(=O)N(CC(N)=O)C1CCCC1. The predicted molar refractivity (Wildman–Crippen MR) is 84.5 cm³/mol. The highest BCUT2D eigenvalue weighted by Crippen LogP contribution is 2.25. The van der Waals surface area contributed by atoms with Crippen LogP contribution >= 0.6 is 0 Å². The van der Waals surface area contributed by atoms with Gasteiger partial charge in [-0.15, -0.1) is 0 Å². The zero-order valence-electron chi connectivity index (χ0n) is 13.1. The molecule has 2 amide bonds. The maximum absolute atomic E-state index is 12.5. The number of hydrogen-bond acceptors (Lipinski definition) is 3. The Hall–Kier alpha value is -2.04. The Bertz CT molecular complexity index is 524. The van der Waals surface area contributed by atoms with Crippen molar-refractivity contribution in [2.24, 2.45) is 5.73 Å². The molecule has 5 heteroatoms. The van der Waals surface area contributed by atoms with Crippen molar-refractivity contribution in [1.82, 2.24) is 4.90 Å². The van der Waals surface area contributed by atoms with Gasteiger partial charge in [-0.05, 0) is 30.9 Å². The van der Waals surface area contributed by atoms with Gasteiger partial charge in [0.05, 0.1) is 13.7 Å². The van der Waals surface area contributed by atoms with E-state index in [4.69, 9.17) is 10.5 Å². The monoisotopic (exact) mass is 304 g/mol. The van der Waals surface area contributed by atoms with E-state index >= 15 is 0 Å². The number of carbonyl (C=O) groups excluding carboxylic acids is 2. The zero-order chi connectivity index (χ0) is 15.9. The maximum Gasteiger partial charge on any atom is 0.237 e. The van der Waals surface area contributed by atoms with Gasteiger partial charge in [0, 0.05) is 12.5 Å². The molecule has 0 atom stereocenters. The van der Waals surface area contributed by atoms with E-state index in [1.165, 1.54) is 0 Å². The first-order valence-corrected chi connectivity index (χ1v) is 7.81. The molecule has 1 aromatic carbocycles. The number of rotatable bonds is 7. The second kappa shape index (κ2) is 7.82. The molecule has 5 nitrogen and oxygen atoms in total. The lowest BCUT2D eigenvalue weighted by Gasteiger charge is -2.28. The highest BCUT2D eigenvalue weighted by atomic mass is 16.5. The molecule has 1 fully saturated rings. The molecule has 0 aliphatic heterocycles. The first-order valence-electron chi connectivity index (χ1n) is 7.81. The van der Waals surface area contributed by atoms with Crippen LogP contribution in [-0.2, 0) is 16.0 Å². The fourth-order valence-corrected chi connectivity index (χ4v) is 3.10. The number of benzene rings is 1. The van der Waals surface area contributed by atoms with Gasteiger partial charge >= 0.3 is 0 Å². The Labute approximate surface area is 131 Å². The molecular formula is C17H24N2O3. The molecule has 0 radical (unpaired) electrons. The van der Waals surface area contributed by atoms with Crippen molar-refractivity contribution in [1.29, 1.82) is 0 Å². The van der Waals surface area contributed by atoms with Crippen LogP contribution in [0.25, 0.3) is 0 Å². The molecule has 120 valence electrons. The third kappa shape index (κ3) is 4.23. The molecule has 0 spiro atoms. The first kappa shape index (κ1) is 16.3. The summed E-state index contributed by atoms with van der Waals surface area (Å²) < 4.78 is 5.30. The number of amides is 2. The Morgan fingerprint density at radius 1 is 1.27 bits per heavy atom. The fourth-order valence-electron chi connectivity index (χ4n) is 3.10. The Morgan fingerprint density at radius 2 is 1.95 bits per heavy atom. The summed E-state index contributed by atoms with van der Waals surface area (Å²) >= 11 is 0. The number of nitrogens with two attached hydrogens (primary N) is 1. The van der Waals surface area contributed by atoms with E-state index in [-0.39, 0.29) is 18.5 Å². The van der Waals surface area contributed by atoms with Gasteiger partial charge in [-0.3, -0.25) is 9.59 Å². The van der Waals surface area contributed by atoms with Gasteiger partial charge < -0.3 is 15.4 Å². The molecule has 22 heavy (non-hydrogen) atoms. The molecule has 0 heterocycles. The van der Waals surface area contributed by atoms with Crippen LogP contribution in [0.15, 0.2) is 24.3 Å². The van der Waals surface area contributed by atoms with Gasteiger partial charge in [-0.2, -0.15) is 0 Å². The lowest BCUT2D eigenvalue weighted by Crippen LogP contribution is -2.44. The fraction of sp³-hybridized carbons (Fsp3) is 0.529. The van der Waals surface area contributed by atoms with Gasteiger partial charge in [0.25, 0.3) is 0 Å². The molecule has 0 unspecified atom stereocenters. The van der Waals surface area contributed by atoms with Crippen molar-refractivity contribution in [2.45, 2.75) is 44.6 Å². The van der Waals surface area contributed by atoms with E-state index < -0.39 is 5.91 Å². The summed E-state index contributed by atoms with van der Waals surface area (Å²) in [6, 6.07) is 7.85. The average molecular weight is 304 g/mol. The Kier molecular flexibility index (Phi) is 5.81. The van der Waals surface area contributed by atoms with Gasteiger partial charge in [-0.25, -0.2) is 0 Å². The molecule has 2 N–H and O–H groups in total. The molecular weight excluding hydrogens is 280 g/mol. The summed E-state index contributed by atoms with van der Waals surface area (Å²) in [5, 5.41) is 0. The van der Waals surface area contributed by atoms with Crippen LogP contribution in [0.5, 0.6) is 5.75 Å². The first-order chi connectivity index (χ1) is 10.6. The van der Waals surface area contributed by atoms with Crippen molar-refractivity contribution in [3.8, 4) is 5.75 Å². The van der Waals surface area contributed by atoms with Crippen molar-refractivity contribution in [3.05, 3.63) is 29.8 Å². The molecule has 0 aromatic heterocycles. The highest BCUT2D eigenvalue weighted by Gasteiger charge is 2.27. The maximum atomic E-state index is 12.5. The zero-order valence-corrected chi connectivity index (χ0v) is 13.1. The third-order valence-electron chi connectivity index (χ3n) is 4.21. The topological polar surface area (TPSA) is 72.6 Å². The number of para-hydroxylation sites is 1. The van der Waals surface area contributed by atoms with Crippen LogP contribution in [0.2, 0.25) is 0 Å². The standard InChI is InChI=1S/C17H24N2O3/c1-22-15-9-5-2-6-13(15)10-11-17(21)19(12-16(18)20)14-7-3-4-8-14/h2,5-6,9,14H,3-4,7-8,10-12H2,1H3,(H2,18,20). The van der Waals surface area contributed by atoms with Crippen molar-refractivity contribution < 1.29 is 14.3 Å². The summed E-state index contributed by atoms with van der Waals surface area (Å²) in [6.07, 6.45) is 5.12. The van der Waals surface area contributed by atoms with Gasteiger partial charge in [0.15, 0.2) is 0 Å². The van der Waals surface area contributed by atoms with Gasteiger partial charge in [0.1, 0.15) is 5.75 Å². The molecule has 2 rings (SSSR count). The third-order valence-corrected chi connectivity index (χ3v) is 4.21. The smallest absolute Gasteiger partial charge is 0.237 e. The van der Waals surface area contributed by atoms with Crippen LogP contribution < -0.4 is 10.5 Å². The van der Waals surface area contributed by atoms with E-state index in [2.05, 4.69) is 0 Å². The number of nitrogens with zero attached hydrogens (tertiary/aromatic N) is 1. The van der Waals surface area contributed by atoms with Crippen LogP contribution in [-0.4, -0.2) is 36.4 Å². The second-order valence-electron chi connectivity index (χ2n) is 5.74. The molecule has 1 aliphatic carbocycles. The van der Waals surface area contributed by atoms with Gasteiger partial charge in [-0.1, -0.05) is 31.0 Å². The predicted octanol–water partition coefficient (Wildman–Crippen LogP) is 1.88. The van der Waals surface area contributed by atoms with E-state index in [0.29, 0.717) is 12.8 Å². The number of aryl methyl sites for hydroxylation is 1. The number of ether oxygens (including phenoxy) is 1. The van der Waals surface area contributed by atoms with Gasteiger partial charge in [0.2, 0.25) is 11.8 Å². The Morgan fingerprint density at radius 3 is 2.59 bits per heavy atom. The van der Waals surface area contributed by atoms with Crippen molar-refractivity contribution in [3.63, 3.8) is 0 Å². The van der Waals surface area contributed by atoms with Crippen LogP contribution in [0.4, 0.5) is 0 Å². The summed E-state index contributed by atoms with van der Waals surface area (Å²) in [5.74, 6) is 0.340. The number of methoxy groups -OCH3 is 1. The number of hydrogen-bond donors (Lipinski definition) is 1. The lowest BCUT2D eigenvalue weighted by molar-refractivity contribution is -0.137. The van der Waals surface area contributed by atoms with E-state index in [0.717, 1.165) is 37.0 Å². The number of carbonyl (C=O) groups is 2. The quantitative estimate of drug-likeness (QED) is 0.836. The lowest BCUT2D eigenvalue weighted by atomic mass is 10.1. The largest absolute Gasteiger partial charge is 0.496 e. The van der Waals surface area contributed by atoms with Crippen molar-refractivity contribution in [2.75, 3.05) is 13.7 Å². The van der Waals surface area contributed by atoms with Crippen molar-refractivity contribution >= 4 is 11.8 Å².